The first kappa shape index (κ1) is 15.4. The predicted octanol–water partition coefficient (Wildman–Crippen LogP) is 3.73. The number of likely N-dealkylation sites (tertiary alicyclic amines) is 1. The van der Waals surface area contributed by atoms with Crippen molar-refractivity contribution in [2.24, 2.45) is 5.73 Å². The van der Waals surface area contributed by atoms with Gasteiger partial charge in [0, 0.05) is 17.6 Å². The van der Waals surface area contributed by atoms with Crippen molar-refractivity contribution < 1.29 is 4.79 Å². The number of piperidine rings is 1. The average molecular weight is 316 g/mol. The van der Waals surface area contributed by atoms with E-state index >= 15 is 0 Å². The number of nitrogens with zero attached hydrogens (tertiary/aromatic N) is 1. The molecular weight excluding hydrogens is 297 g/mol. The van der Waals surface area contributed by atoms with Crippen LogP contribution in [0.15, 0.2) is 18.2 Å². The number of rotatable bonds is 3. The Bertz CT molecular complexity index is 479. The van der Waals surface area contributed by atoms with Crippen LogP contribution >= 0.6 is 23.2 Å². The van der Waals surface area contributed by atoms with Crippen LogP contribution in [0.3, 0.4) is 0 Å². The fourth-order valence-corrected chi connectivity index (χ4v) is 2.88. The van der Waals surface area contributed by atoms with Crippen molar-refractivity contribution in [3.8, 4) is 0 Å². The molecule has 3 N–H and O–H groups in total. The van der Waals surface area contributed by atoms with Gasteiger partial charge in [0.2, 0.25) is 0 Å². The summed E-state index contributed by atoms with van der Waals surface area (Å²) >= 11 is 12.0. The summed E-state index contributed by atoms with van der Waals surface area (Å²) in [6.07, 6.45) is 4.01. The summed E-state index contributed by atoms with van der Waals surface area (Å²) in [5, 5.41) is 3.86. The van der Waals surface area contributed by atoms with Gasteiger partial charge >= 0.3 is 6.03 Å². The number of urea groups is 1. The molecule has 1 aromatic carbocycles. The molecule has 1 aliphatic rings. The predicted molar refractivity (Wildman–Crippen MR) is 83.5 cm³/mol. The van der Waals surface area contributed by atoms with Crippen molar-refractivity contribution in [3.05, 3.63) is 28.2 Å². The summed E-state index contributed by atoms with van der Waals surface area (Å²) in [5.74, 6) is 0. The average Bonchev–Trinajstić information content (AvgIpc) is 2.44. The summed E-state index contributed by atoms with van der Waals surface area (Å²) < 4.78 is 0. The maximum atomic E-state index is 12.4. The van der Waals surface area contributed by atoms with Gasteiger partial charge < -0.3 is 16.0 Å². The molecule has 2 rings (SSSR count). The van der Waals surface area contributed by atoms with Crippen molar-refractivity contribution in [1.82, 2.24) is 4.90 Å². The highest BCUT2D eigenvalue weighted by Crippen LogP contribution is 2.27. The zero-order valence-electron chi connectivity index (χ0n) is 11.2. The van der Waals surface area contributed by atoms with Gasteiger partial charge in [0.15, 0.2) is 0 Å². The van der Waals surface area contributed by atoms with Gasteiger partial charge in [-0.3, -0.25) is 0 Å². The van der Waals surface area contributed by atoms with Gasteiger partial charge in [-0.2, -0.15) is 0 Å². The molecule has 6 heteroatoms. The van der Waals surface area contributed by atoms with E-state index in [2.05, 4.69) is 5.32 Å². The summed E-state index contributed by atoms with van der Waals surface area (Å²) in [5.41, 5.74) is 6.16. The number of halogens is 2. The molecule has 110 valence electrons. The number of benzene rings is 1. The minimum atomic E-state index is -0.132. The molecule has 1 atom stereocenters. The first-order valence-corrected chi connectivity index (χ1v) is 7.60. The lowest BCUT2D eigenvalue weighted by Crippen LogP contribution is -2.46. The monoisotopic (exact) mass is 315 g/mol. The van der Waals surface area contributed by atoms with Crippen LogP contribution in [0.4, 0.5) is 10.5 Å². The number of anilines is 1. The lowest BCUT2D eigenvalue weighted by Gasteiger charge is -2.35. The maximum absolute atomic E-state index is 12.4. The van der Waals surface area contributed by atoms with E-state index in [-0.39, 0.29) is 12.1 Å². The summed E-state index contributed by atoms with van der Waals surface area (Å²) in [7, 11) is 0. The minimum Gasteiger partial charge on any atom is -0.330 e. The standard InChI is InChI=1S/C14H19Cl2N3O/c15-10-4-5-12(16)13(9-10)18-14(20)19-8-2-1-3-11(19)6-7-17/h4-5,9,11H,1-3,6-8,17H2,(H,18,20). The second-order valence-electron chi connectivity index (χ2n) is 4.97. The Kier molecular flexibility index (Phi) is 5.52. The first-order valence-electron chi connectivity index (χ1n) is 6.84. The van der Waals surface area contributed by atoms with Crippen LogP contribution < -0.4 is 11.1 Å². The molecule has 4 nitrogen and oxygen atoms in total. The summed E-state index contributed by atoms with van der Waals surface area (Å²) in [6, 6.07) is 5.10. The van der Waals surface area contributed by atoms with E-state index in [1.807, 2.05) is 4.90 Å². The lowest BCUT2D eigenvalue weighted by molar-refractivity contribution is 0.159. The first-order chi connectivity index (χ1) is 9.61. The van der Waals surface area contributed by atoms with Crippen molar-refractivity contribution in [2.45, 2.75) is 31.7 Å². The third kappa shape index (κ3) is 3.78. The van der Waals surface area contributed by atoms with E-state index in [1.54, 1.807) is 18.2 Å². The van der Waals surface area contributed by atoms with Gasteiger partial charge in [-0.1, -0.05) is 23.2 Å². The smallest absolute Gasteiger partial charge is 0.322 e. The van der Waals surface area contributed by atoms with Gasteiger partial charge in [0.25, 0.3) is 0 Å². The third-order valence-electron chi connectivity index (χ3n) is 3.56. The van der Waals surface area contributed by atoms with Crippen LogP contribution in [0, 0.1) is 0 Å². The highest BCUT2D eigenvalue weighted by molar-refractivity contribution is 6.35. The number of carbonyl (C=O) groups is 1. The van der Waals surface area contributed by atoms with Crippen molar-refractivity contribution in [1.29, 1.82) is 0 Å². The maximum Gasteiger partial charge on any atom is 0.322 e. The van der Waals surface area contributed by atoms with Crippen LogP contribution in [-0.4, -0.2) is 30.1 Å². The molecule has 2 amide bonds. The molecule has 0 spiro atoms. The summed E-state index contributed by atoms with van der Waals surface area (Å²) in [4.78, 5) is 14.2. The number of amides is 2. The highest BCUT2D eigenvalue weighted by Gasteiger charge is 2.26. The molecule has 1 fully saturated rings. The van der Waals surface area contributed by atoms with Gasteiger partial charge in [-0.05, 0) is 50.4 Å². The second kappa shape index (κ2) is 7.16. The number of nitrogens with one attached hydrogen (secondary N) is 1. The zero-order chi connectivity index (χ0) is 14.5. The van der Waals surface area contributed by atoms with Crippen LogP contribution in [-0.2, 0) is 0 Å². The van der Waals surface area contributed by atoms with Gasteiger partial charge in [0.05, 0.1) is 10.7 Å². The van der Waals surface area contributed by atoms with E-state index in [4.69, 9.17) is 28.9 Å². The van der Waals surface area contributed by atoms with E-state index < -0.39 is 0 Å². The van der Waals surface area contributed by atoms with Crippen molar-refractivity contribution in [2.75, 3.05) is 18.4 Å². The van der Waals surface area contributed by atoms with E-state index in [1.165, 1.54) is 0 Å². The van der Waals surface area contributed by atoms with Crippen LogP contribution in [0.1, 0.15) is 25.7 Å². The Balaban J connectivity index is 2.07. The van der Waals surface area contributed by atoms with Gasteiger partial charge in [0.1, 0.15) is 0 Å². The molecule has 0 aromatic heterocycles. The Hall–Kier alpha value is -0.970. The quantitative estimate of drug-likeness (QED) is 0.892. The van der Waals surface area contributed by atoms with Crippen LogP contribution in [0.2, 0.25) is 10.0 Å². The highest BCUT2D eigenvalue weighted by atomic mass is 35.5. The molecule has 1 heterocycles. The molecule has 20 heavy (non-hydrogen) atoms. The molecule has 1 saturated heterocycles. The zero-order valence-corrected chi connectivity index (χ0v) is 12.8. The van der Waals surface area contributed by atoms with Crippen molar-refractivity contribution in [3.63, 3.8) is 0 Å². The minimum absolute atomic E-state index is 0.132. The van der Waals surface area contributed by atoms with Crippen LogP contribution in [0.5, 0.6) is 0 Å². The summed E-state index contributed by atoms with van der Waals surface area (Å²) in [6.45, 7) is 1.35. The Labute approximate surface area is 129 Å². The number of nitrogens with two attached hydrogens (primary N) is 1. The molecule has 0 saturated carbocycles. The largest absolute Gasteiger partial charge is 0.330 e. The molecule has 1 unspecified atom stereocenters. The second-order valence-corrected chi connectivity index (χ2v) is 5.82. The number of carbonyl (C=O) groups excluding carboxylic acids is 1. The van der Waals surface area contributed by atoms with Gasteiger partial charge in [-0.15, -0.1) is 0 Å². The lowest BCUT2D eigenvalue weighted by atomic mass is 10.00. The number of hydrogen-bond acceptors (Lipinski definition) is 2. The van der Waals surface area contributed by atoms with E-state index in [9.17, 15) is 4.79 Å². The van der Waals surface area contributed by atoms with E-state index in [0.29, 0.717) is 22.3 Å². The normalized spacial score (nSPS) is 18.9. The Morgan fingerprint density at radius 2 is 2.20 bits per heavy atom. The molecule has 0 aliphatic carbocycles. The molecular formula is C14H19Cl2N3O. The number of hydrogen-bond donors (Lipinski definition) is 2. The van der Waals surface area contributed by atoms with E-state index in [0.717, 1.165) is 32.2 Å². The fourth-order valence-electron chi connectivity index (χ4n) is 2.54. The topological polar surface area (TPSA) is 58.4 Å². The third-order valence-corrected chi connectivity index (χ3v) is 4.12. The SMILES string of the molecule is NCCC1CCCCN1C(=O)Nc1cc(Cl)ccc1Cl. The molecule has 1 aromatic rings. The van der Waals surface area contributed by atoms with Gasteiger partial charge in [-0.25, -0.2) is 4.79 Å². The fraction of sp³-hybridized carbons (Fsp3) is 0.500. The molecule has 1 aliphatic heterocycles. The Morgan fingerprint density at radius 3 is 2.95 bits per heavy atom. The Morgan fingerprint density at radius 1 is 1.40 bits per heavy atom. The molecule has 0 bridgehead atoms. The molecule has 0 radical (unpaired) electrons. The van der Waals surface area contributed by atoms with Crippen LogP contribution in [0.25, 0.3) is 0 Å². The van der Waals surface area contributed by atoms with Crippen molar-refractivity contribution >= 4 is 34.9 Å².